The number of carbonyl (C=O) groups is 2. The Hall–Kier alpha value is -3.07. The smallest absolute Gasteiger partial charge is 0.306 e. The predicted octanol–water partition coefficient (Wildman–Crippen LogP) is 23.2. The first-order chi connectivity index (χ1) is 42.9. The lowest BCUT2D eigenvalue weighted by Gasteiger charge is -2.30. The molecule has 0 aromatic carbocycles. The van der Waals surface area contributed by atoms with E-state index in [-0.39, 0.29) is 24.9 Å². The maximum Gasteiger partial charge on any atom is 0.306 e. The van der Waals surface area contributed by atoms with Crippen LogP contribution < -0.4 is 10.2 Å². The fraction of sp³-hybridized carbons (Fsp3) is 0.769. The second-order valence-corrected chi connectivity index (χ2v) is 27.5. The number of phosphoric acid groups is 1. The molecule has 0 rings (SSSR count). The van der Waals surface area contributed by atoms with E-state index in [1.54, 1.807) is 0 Å². The van der Waals surface area contributed by atoms with Crippen molar-refractivity contribution in [1.82, 2.24) is 5.32 Å². The molecule has 1 N–H and O–H groups in total. The molecule has 10 heteroatoms. The molecule has 9 nitrogen and oxygen atoms in total. The molecule has 3 unspecified atom stereocenters. The molecule has 0 aliphatic heterocycles. The number of hydrogen-bond donors (Lipinski definition) is 1. The molecule has 0 fully saturated rings. The molecule has 0 aliphatic rings. The third-order valence-corrected chi connectivity index (χ3v) is 17.2. The van der Waals surface area contributed by atoms with E-state index >= 15 is 0 Å². The minimum atomic E-state index is -4.71. The lowest BCUT2D eigenvalue weighted by atomic mass is 10.0. The molecule has 88 heavy (non-hydrogen) atoms. The van der Waals surface area contributed by atoms with E-state index in [2.05, 4.69) is 111 Å². The molecule has 0 aromatic heterocycles. The summed E-state index contributed by atoms with van der Waals surface area (Å²) < 4.78 is 30.5. The largest absolute Gasteiger partial charge is 0.756 e. The Morgan fingerprint density at radius 1 is 0.398 bits per heavy atom. The van der Waals surface area contributed by atoms with Gasteiger partial charge >= 0.3 is 5.97 Å². The predicted molar refractivity (Wildman–Crippen MR) is 381 cm³/mol. The van der Waals surface area contributed by atoms with Gasteiger partial charge in [-0.2, -0.15) is 0 Å². The van der Waals surface area contributed by atoms with Gasteiger partial charge in [-0.05, 0) is 115 Å². The van der Waals surface area contributed by atoms with Gasteiger partial charge in [-0.25, -0.2) is 0 Å². The van der Waals surface area contributed by atoms with E-state index in [1.807, 2.05) is 33.3 Å². The number of carbonyl (C=O) groups excluding carboxylic acids is 2. The van der Waals surface area contributed by atoms with Crippen LogP contribution in [0.5, 0.6) is 0 Å². The van der Waals surface area contributed by atoms with Gasteiger partial charge in [0.1, 0.15) is 19.3 Å². The van der Waals surface area contributed by atoms with Crippen LogP contribution >= 0.6 is 7.82 Å². The number of nitrogens with one attached hydrogen (secondary N) is 1. The zero-order valence-corrected chi connectivity index (χ0v) is 59.3. The molecule has 0 saturated carbocycles. The number of phosphoric ester groups is 1. The number of nitrogens with zero attached hydrogens (tertiary/aromatic N) is 1. The Kier molecular flexibility index (Phi) is 64.5. The van der Waals surface area contributed by atoms with Crippen molar-refractivity contribution in [2.45, 2.75) is 348 Å². The molecular weight excluding hydrogens is 1110 g/mol. The van der Waals surface area contributed by atoms with E-state index in [1.165, 1.54) is 199 Å². The number of amides is 1. The van der Waals surface area contributed by atoms with Crippen molar-refractivity contribution in [2.75, 3.05) is 40.9 Å². The second kappa shape index (κ2) is 66.8. The Bertz CT molecular complexity index is 1830. The first-order valence-corrected chi connectivity index (χ1v) is 38.5. The Morgan fingerprint density at radius 3 is 1.06 bits per heavy atom. The highest BCUT2D eigenvalue weighted by molar-refractivity contribution is 7.45. The number of ether oxygens (including phenoxy) is 1. The van der Waals surface area contributed by atoms with Crippen molar-refractivity contribution >= 4 is 19.7 Å². The van der Waals surface area contributed by atoms with Gasteiger partial charge in [-0.3, -0.25) is 14.2 Å². The number of hydrogen-bond acceptors (Lipinski definition) is 7. The number of esters is 1. The molecular formula is C78H141N2O7P. The number of likely N-dealkylation sites (N-methyl/N-ethyl adjacent to an activating group) is 1. The third kappa shape index (κ3) is 67.3. The lowest BCUT2D eigenvalue weighted by Crippen LogP contribution is -2.47. The van der Waals surface area contributed by atoms with Gasteiger partial charge < -0.3 is 28.5 Å². The van der Waals surface area contributed by atoms with Crippen LogP contribution in [0.1, 0.15) is 335 Å². The highest BCUT2D eigenvalue weighted by atomic mass is 31.2. The molecule has 0 aromatic rings. The van der Waals surface area contributed by atoms with Gasteiger partial charge in [-0.1, -0.05) is 305 Å². The van der Waals surface area contributed by atoms with Crippen LogP contribution in [-0.2, 0) is 27.9 Å². The fourth-order valence-corrected chi connectivity index (χ4v) is 11.2. The van der Waals surface area contributed by atoms with Gasteiger partial charge in [0.05, 0.1) is 33.8 Å². The molecule has 0 heterocycles. The molecule has 3 atom stereocenters. The average Bonchev–Trinajstić information content (AvgIpc) is 3.71. The summed E-state index contributed by atoms with van der Waals surface area (Å²) >= 11 is 0. The van der Waals surface area contributed by atoms with E-state index in [0.717, 1.165) is 103 Å². The lowest BCUT2D eigenvalue weighted by molar-refractivity contribution is -0.870. The van der Waals surface area contributed by atoms with Crippen LogP contribution in [-0.4, -0.2) is 69.4 Å². The maximum atomic E-state index is 13.6. The van der Waals surface area contributed by atoms with Gasteiger partial charge in [0.25, 0.3) is 7.82 Å². The highest BCUT2D eigenvalue weighted by Gasteiger charge is 2.27. The summed E-state index contributed by atoms with van der Waals surface area (Å²) in [6.45, 7) is 6.81. The summed E-state index contributed by atoms with van der Waals surface area (Å²) in [7, 11) is 1.18. The Morgan fingerprint density at radius 2 is 0.693 bits per heavy atom. The summed E-state index contributed by atoms with van der Waals surface area (Å²) in [5.74, 6) is -0.548. The summed E-state index contributed by atoms with van der Waals surface area (Å²) in [5.41, 5.74) is 0. The van der Waals surface area contributed by atoms with Crippen LogP contribution in [0.3, 0.4) is 0 Å². The number of allylic oxidation sites excluding steroid dienone is 15. The second-order valence-electron chi connectivity index (χ2n) is 26.1. The highest BCUT2D eigenvalue weighted by Crippen LogP contribution is 2.38. The number of unbranched alkanes of at least 4 members (excludes halogenated alkanes) is 37. The summed E-state index contributed by atoms with van der Waals surface area (Å²) in [4.78, 5) is 40.2. The van der Waals surface area contributed by atoms with E-state index in [9.17, 15) is 19.0 Å². The molecule has 0 radical (unpaired) electrons. The quantitative estimate of drug-likeness (QED) is 0.0212. The third-order valence-electron chi connectivity index (χ3n) is 16.2. The van der Waals surface area contributed by atoms with Crippen molar-refractivity contribution in [3.63, 3.8) is 0 Å². The topological polar surface area (TPSA) is 114 Å². The summed E-state index contributed by atoms with van der Waals surface area (Å²) in [6, 6.07) is -0.899. The van der Waals surface area contributed by atoms with Crippen LogP contribution in [0.4, 0.5) is 0 Å². The van der Waals surface area contributed by atoms with Crippen molar-refractivity contribution in [2.24, 2.45) is 0 Å². The molecule has 0 aliphatic carbocycles. The standard InChI is InChI=1S/C78H141N2O7P/c1-7-10-13-16-19-22-25-28-30-32-34-36-38-39-40-41-43-44-46-48-50-52-55-58-61-64-67-70-77(81)79-75(74-86-88(83,84)85-73-72-80(4,5)6)76(69-66-63-60-57-54-27-24-21-18-15-12-9-3)87-78(82)71-68-65-62-59-56-53-51-49-47-45-42-37-35-33-31-29-26-23-20-17-14-11-8-2/h19-20,22-23,28-31,34-37,45,47,66,69,75-76H,7-18,21,24-27,32-33,38-44,46,48-65,67-68,70-74H2,1-6H3,(H-,79,81,83,84)/b22-19-,23-20-,30-28-,31-29-,36-34-,37-35-,47-45-,69-66-. The zero-order chi connectivity index (χ0) is 64.2. The number of rotatable bonds is 67. The molecule has 510 valence electrons. The minimum Gasteiger partial charge on any atom is -0.756 e. The van der Waals surface area contributed by atoms with Crippen molar-refractivity contribution in [3.8, 4) is 0 Å². The van der Waals surface area contributed by atoms with Gasteiger partial charge in [0.2, 0.25) is 5.91 Å². The van der Waals surface area contributed by atoms with E-state index in [0.29, 0.717) is 17.4 Å². The minimum absolute atomic E-state index is 0.0274. The first kappa shape index (κ1) is 84.9. The van der Waals surface area contributed by atoms with Crippen molar-refractivity contribution in [1.29, 1.82) is 0 Å². The van der Waals surface area contributed by atoms with E-state index < -0.39 is 26.6 Å². The van der Waals surface area contributed by atoms with Gasteiger partial charge in [-0.15, -0.1) is 0 Å². The SMILES string of the molecule is CCCCC/C=C\C/C=C\C/C=C\C/C=C\CCCCCCCCCC(=O)OC(/C=C\CCCCCCCCCCCC)C(COP(=O)([O-])OCC[N+](C)(C)C)NC(=O)CCCCCCCCCCCCCCCC/C=C\C/C=C\C/C=C\CCCCC. The van der Waals surface area contributed by atoms with Crippen LogP contribution in [0.15, 0.2) is 97.2 Å². The monoisotopic (exact) mass is 1250 g/mol. The molecule has 0 saturated heterocycles. The Balaban J connectivity index is 5.04. The van der Waals surface area contributed by atoms with E-state index in [4.69, 9.17) is 13.8 Å². The first-order valence-electron chi connectivity index (χ1n) is 37.0. The van der Waals surface area contributed by atoms with Crippen molar-refractivity contribution < 1.29 is 37.3 Å². The summed E-state index contributed by atoms with van der Waals surface area (Å²) in [6.07, 6.45) is 91.0. The fourth-order valence-electron chi connectivity index (χ4n) is 10.5. The van der Waals surface area contributed by atoms with Gasteiger partial charge in [0, 0.05) is 12.8 Å². The molecule has 1 amide bonds. The Labute approximate surface area is 545 Å². The van der Waals surface area contributed by atoms with Crippen LogP contribution in [0, 0.1) is 0 Å². The number of quaternary nitrogens is 1. The average molecular weight is 1250 g/mol. The molecule has 0 bridgehead atoms. The molecule has 0 spiro atoms. The van der Waals surface area contributed by atoms with Crippen LogP contribution in [0.25, 0.3) is 0 Å². The van der Waals surface area contributed by atoms with Crippen LogP contribution in [0.2, 0.25) is 0 Å². The normalized spacial score (nSPS) is 14.0. The van der Waals surface area contributed by atoms with Crippen molar-refractivity contribution in [3.05, 3.63) is 97.2 Å². The summed E-state index contributed by atoms with van der Waals surface area (Å²) in [5, 5.41) is 3.04. The maximum absolute atomic E-state index is 13.6. The van der Waals surface area contributed by atoms with Gasteiger partial charge in [0.15, 0.2) is 0 Å². The zero-order valence-electron chi connectivity index (χ0n) is 58.4.